The predicted octanol–water partition coefficient (Wildman–Crippen LogP) is 4.54. The average molecular weight is 504 g/mol. The van der Waals surface area contributed by atoms with E-state index in [0.29, 0.717) is 22.7 Å². The Balaban J connectivity index is 1.29. The fourth-order valence-electron chi connectivity index (χ4n) is 3.89. The number of aryl methyl sites for hydroxylation is 2. The van der Waals surface area contributed by atoms with Crippen LogP contribution in [0.2, 0.25) is 0 Å². The lowest BCUT2D eigenvalue weighted by Crippen LogP contribution is -2.28. The summed E-state index contributed by atoms with van der Waals surface area (Å²) >= 11 is 0. The van der Waals surface area contributed by atoms with Gasteiger partial charge < -0.3 is 19.7 Å². The van der Waals surface area contributed by atoms with Crippen molar-refractivity contribution >= 4 is 34.8 Å². The molecule has 0 bridgehead atoms. The number of hydrogen-bond acceptors (Lipinski definition) is 7. The molecule has 0 saturated carbocycles. The van der Waals surface area contributed by atoms with Gasteiger partial charge in [0, 0.05) is 36.0 Å². The van der Waals surface area contributed by atoms with Crippen molar-refractivity contribution in [2.75, 3.05) is 23.4 Å². The van der Waals surface area contributed by atoms with Gasteiger partial charge in [-0.3, -0.25) is 24.5 Å². The molecule has 0 aliphatic carbocycles. The Kier molecular flexibility index (Phi) is 7.47. The molecule has 10 nitrogen and oxygen atoms in total. The number of rotatable bonds is 8. The number of anilines is 2. The van der Waals surface area contributed by atoms with E-state index < -0.39 is 29.3 Å². The Bertz CT molecular complexity index is 1340. The van der Waals surface area contributed by atoms with Gasteiger partial charge in [-0.25, -0.2) is 0 Å². The number of amides is 2. The normalized spacial score (nSPS) is 14.8. The lowest BCUT2D eigenvalue weighted by atomic mass is 10.1. The van der Waals surface area contributed by atoms with E-state index in [1.54, 1.807) is 31.2 Å². The molecule has 0 aromatic heterocycles. The molecule has 1 N–H and O–H groups in total. The summed E-state index contributed by atoms with van der Waals surface area (Å²) < 4.78 is 10.9. The van der Waals surface area contributed by atoms with Gasteiger partial charge in [-0.05, 0) is 56.3 Å². The summed E-state index contributed by atoms with van der Waals surface area (Å²) in [6.07, 6.45) is -0.0355. The fraction of sp³-hybridized carbons (Fsp3) is 0.222. The summed E-state index contributed by atoms with van der Waals surface area (Å²) in [5, 5.41) is 13.5. The number of ether oxygens (including phenoxy) is 2. The van der Waals surface area contributed by atoms with E-state index in [-0.39, 0.29) is 30.2 Å². The molecule has 0 unspecified atom stereocenters. The molecule has 1 aliphatic heterocycles. The van der Waals surface area contributed by atoms with Crippen LogP contribution in [0.3, 0.4) is 0 Å². The number of carbonyl (C=O) groups is 3. The minimum absolute atomic E-state index is 0.0355. The highest BCUT2D eigenvalue weighted by Gasteiger charge is 2.36. The van der Waals surface area contributed by atoms with Gasteiger partial charge in [0.1, 0.15) is 11.5 Å². The Hall–Kier alpha value is -4.73. The maximum Gasteiger partial charge on any atom is 0.311 e. The largest absolute Gasteiger partial charge is 0.457 e. The second-order valence-electron chi connectivity index (χ2n) is 8.73. The van der Waals surface area contributed by atoms with Crippen molar-refractivity contribution in [1.82, 2.24) is 0 Å². The average Bonchev–Trinajstić information content (AvgIpc) is 3.27. The molecule has 1 heterocycles. The summed E-state index contributed by atoms with van der Waals surface area (Å²) in [5.74, 6) is -0.949. The number of nitrogens with zero attached hydrogens (tertiary/aromatic N) is 2. The first kappa shape index (κ1) is 25.4. The molecular weight excluding hydrogens is 478 g/mol. The van der Waals surface area contributed by atoms with Crippen molar-refractivity contribution in [2.24, 2.45) is 5.92 Å². The molecule has 190 valence electrons. The van der Waals surface area contributed by atoms with Crippen LogP contribution in [0.25, 0.3) is 0 Å². The summed E-state index contributed by atoms with van der Waals surface area (Å²) in [6, 6.07) is 18.9. The van der Waals surface area contributed by atoms with Crippen molar-refractivity contribution in [1.29, 1.82) is 0 Å². The second kappa shape index (κ2) is 10.9. The Morgan fingerprint density at radius 3 is 2.32 bits per heavy atom. The summed E-state index contributed by atoms with van der Waals surface area (Å²) in [5.41, 5.74) is 2.29. The Morgan fingerprint density at radius 2 is 1.68 bits per heavy atom. The van der Waals surface area contributed by atoms with E-state index in [4.69, 9.17) is 9.47 Å². The first-order valence-electron chi connectivity index (χ1n) is 11.6. The molecule has 4 rings (SSSR count). The molecule has 0 spiro atoms. The van der Waals surface area contributed by atoms with Gasteiger partial charge in [-0.2, -0.15) is 0 Å². The van der Waals surface area contributed by atoms with Crippen LogP contribution >= 0.6 is 0 Å². The Morgan fingerprint density at radius 1 is 1.03 bits per heavy atom. The van der Waals surface area contributed by atoms with Gasteiger partial charge in [-0.1, -0.05) is 23.8 Å². The molecule has 3 aromatic rings. The lowest BCUT2D eigenvalue weighted by Gasteiger charge is -2.17. The van der Waals surface area contributed by atoms with E-state index in [1.165, 1.54) is 23.1 Å². The number of benzene rings is 3. The summed E-state index contributed by atoms with van der Waals surface area (Å²) in [6.45, 7) is 3.13. The standard InChI is InChI=1S/C27H25N3O7/c1-17-3-9-22(10-4-17)37-23-11-7-21(8-12-23)29-15-19(13-26(29)32)27(33)36-16-25(31)28-20-6-5-18(2)24(14-20)30(34)35/h3-12,14,19H,13,15-16H2,1-2H3,(H,28,31)/t19-/m0/s1. The van der Waals surface area contributed by atoms with Gasteiger partial charge in [0.15, 0.2) is 6.61 Å². The smallest absolute Gasteiger partial charge is 0.311 e. The van der Waals surface area contributed by atoms with E-state index in [2.05, 4.69) is 5.32 Å². The first-order chi connectivity index (χ1) is 17.7. The van der Waals surface area contributed by atoms with E-state index in [9.17, 15) is 24.5 Å². The quantitative estimate of drug-likeness (QED) is 0.271. The lowest BCUT2D eigenvalue weighted by molar-refractivity contribution is -0.385. The van der Waals surface area contributed by atoms with Gasteiger partial charge in [0.25, 0.3) is 11.6 Å². The number of nitro benzene ring substituents is 1. The highest BCUT2D eigenvalue weighted by atomic mass is 16.6. The zero-order chi connectivity index (χ0) is 26.5. The summed E-state index contributed by atoms with van der Waals surface area (Å²) in [4.78, 5) is 49.2. The van der Waals surface area contributed by atoms with Crippen molar-refractivity contribution in [3.8, 4) is 11.5 Å². The molecule has 2 amide bonds. The van der Waals surface area contributed by atoms with Gasteiger partial charge in [-0.15, -0.1) is 0 Å². The van der Waals surface area contributed by atoms with E-state index in [0.717, 1.165) is 5.56 Å². The minimum Gasteiger partial charge on any atom is -0.457 e. The number of nitro groups is 1. The molecule has 3 aromatic carbocycles. The Labute approximate surface area is 212 Å². The third-order valence-corrected chi connectivity index (χ3v) is 5.90. The van der Waals surface area contributed by atoms with Gasteiger partial charge in [0.05, 0.1) is 10.8 Å². The molecular formula is C27H25N3O7. The highest BCUT2D eigenvalue weighted by molar-refractivity contribution is 6.00. The number of nitrogens with one attached hydrogen (secondary N) is 1. The van der Waals surface area contributed by atoms with E-state index >= 15 is 0 Å². The third kappa shape index (κ3) is 6.29. The van der Waals surface area contributed by atoms with Crippen LogP contribution < -0.4 is 15.0 Å². The first-order valence-corrected chi connectivity index (χ1v) is 11.6. The molecule has 0 radical (unpaired) electrons. The highest BCUT2D eigenvalue weighted by Crippen LogP contribution is 2.29. The number of esters is 1. The topological polar surface area (TPSA) is 128 Å². The fourth-order valence-corrected chi connectivity index (χ4v) is 3.89. The SMILES string of the molecule is Cc1ccc(Oc2ccc(N3C[C@@H](C(=O)OCC(=O)Nc4ccc(C)c([N+](=O)[O-])c4)CC3=O)cc2)cc1. The molecule has 1 saturated heterocycles. The number of carbonyl (C=O) groups excluding carboxylic acids is 3. The van der Waals surface area contributed by atoms with E-state index in [1.807, 2.05) is 31.2 Å². The maximum absolute atomic E-state index is 12.5. The van der Waals surface area contributed by atoms with Gasteiger partial charge >= 0.3 is 5.97 Å². The van der Waals surface area contributed by atoms with Gasteiger partial charge in [0.2, 0.25) is 5.91 Å². The zero-order valence-electron chi connectivity index (χ0n) is 20.3. The minimum atomic E-state index is -0.718. The monoisotopic (exact) mass is 503 g/mol. The summed E-state index contributed by atoms with van der Waals surface area (Å²) in [7, 11) is 0. The molecule has 1 aliphatic rings. The van der Waals surface area contributed by atoms with Crippen molar-refractivity contribution in [2.45, 2.75) is 20.3 Å². The zero-order valence-corrected chi connectivity index (χ0v) is 20.3. The molecule has 1 fully saturated rings. The molecule has 37 heavy (non-hydrogen) atoms. The van der Waals surface area contributed by atoms with Crippen LogP contribution in [0.15, 0.2) is 66.7 Å². The van der Waals surface area contributed by atoms with Crippen LogP contribution in [-0.2, 0) is 19.1 Å². The van der Waals surface area contributed by atoms with Crippen LogP contribution in [0, 0.1) is 29.9 Å². The van der Waals surface area contributed by atoms with Crippen molar-refractivity contribution in [3.63, 3.8) is 0 Å². The van der Waals surface area contributed by atoms with Crippen molar-refractivity contribution < 1.29 is 28.8 Å². The number of hydrogen-bond donors (Lipinski definition) is 1. The van der Waals surface area contributed by atoms with Crippen LogP contribution in [0.1, 0.15) is 17.5 Å². The third-order valence-electron chi connectivity index (χ3n) is 5.90. The van der Waals surface area contributed by atoms with Crippen LogP contribution in [0.5, 0.6) is 11.5 Å². The van der Waals surface area contributed by atoms with Crippen LogP contribution in [0.4, 0.5) is 17.1 Å². The predicted molar refractivity (Wildman–Crippen MR) is 136 cm³/mol. The molecule has 1 atom stereocenters. The van der Waals surface area contributed by atoms with Crippen molar-refractivity contribution in [3.05, 3.63) is 88.0 Å². The molecule has 10 heteroatoms. The van der Waals surface area contributed by atoms with Crippen LogP contribution in [-0.4, -0.2) is 35.9 Å². The second-order valence-corrected chi connectivity index (χ2v) is 8.73. The maximum atomic E-state index is 12.5.